The molecule has 1 aliphatic rings. The normalized spacial score (nSPS) is 14.3. The van der Waals surface area contributed by atoms with Crippen LogP contribution in [0.3, 0.4) is 0 Å². The summed E-state index contributed by atoms with van der Waals surface area (Å²) in [7, 11) is 0. The maximum absolute atomic E-state index is 12.4. The SMILES string of the molecule is Cc1cccc(CN2CCc3c(nc(-c4ccccn4)[nH]c3=O)C2)c1. The van der Waals surface area contributed by atoms with E-state index < -0.39 is 0 Å². The highest BCUT2D eigenvalue weighted by Crippen LogP contribution is 2.19. The van der Waals surface area contributed by atoms with E-state index in [1.807, 2.05) is 18.2 Å². The quantitative estimate of drug-likeness (QED) is 0.801. The molecule has 126 valence electrons. The third-order valence-corrected chi connectivity index (χ3v) is 4.55. The lowest BCUT2D eigenvalue weighted by Crippen LogP contribution is -2.35. The second-order valence-electron chi connectivity index (χ2n) is 6.50. The summed E-state index contributed by atoms with van der Waals surface area (Å²) in [5.41, 5.74) is 4.88. The molecule has 1 N–H and O–H groups in total. The van der Waals surface area contributed by atoms with Crippen LogP contribution in [0.2, 0.25) is 0 Å². The first-order chi connectivity index (χ1) is 12.2. The molecule has 0 atom stereocenters. The van der Waals surface area contributed by atoms with Gasteiger partial charge < -0.3 is 4.98 Å². The van der Waals surface area contributed by atoms with Crippen LogP contribution < -0.4 is 5.56 Å². The molecule has 25 heavy (non-hydrogen) atoms. The molecule has 1 aliphatic heterocycles. The zero-order valence-corrected chi connectivity index (χ0v) is 14.2. The summed E-state index contributed by atoms with van der Waals surface area (Å²) in [6.07, 6.45) is 2.44. The van der Waals surface area contributed by atoms with Crippen molar-refractivity contribution in [2.75, 3.05) is 6.54 Å². The zero-order chi connectivity index (χ0) is 17.2. The highest BCUT2D eigenvalue weighted by molar-refractivity contribution is 5.49. The molecule has 0 unspecified atom stereocenters. The van der Waals surface area contributed by atoms with E-state index in [1.165, 1.54) is 11.1 Å². The Labute approximate surface area is 146 Å². The van der Waals surface area contributed by atoms with Crippen LogP contribution in [-0.4, -0.2) is 26.4 Å². The Balaban J connectivity index is 1.61. The van der Waals surface area contributed by atoms with E-state index in [1.54, 1.807) is 6.20 Å². The van der Waals surface area contributed by atoms with Gasteiger partial charge in [0.05, 0.1) is 5.69 Å². The number of benzene rings is 1. The number of fused-ring (bicyclic) bond motifs is 1. The average Bonchev–Trinajstić information content (AvgIpc) is 2.62. The van der Waals surface area contributed by atoms with E-state index in [0.29, 0.717) is 18.1 Å². The number of nitrogens with zero attached hydrogens (tertiary/aromatic N) is 3. The van der Waals surface area contributed by atoms with Crippen molar-refractivity contribution in [1.29, 1.82) is 0 Å². The Bertz CT molecular complexity index is 949. The molecule has 0 bridgehead atoms. The Morgan fingerprint density at radius 2 is 2.12 bits per heavy atom. The van der Waals surface area contributed by atoms with Gasteiger partial charge in [0, 0.05) is 31.4 Å². The largest absolute Gasteiger partial charge is 0.305 e. The maximum atomic E-state index is 12.4. The van der Waals surface area contributed by atoms with Gasteiger partial charge in [0.15, 0.2) is 5.82 Å². The lowest BCUT2D eigenvalue weighted by molar-refractivity contribution is 0.240. The number of hydrogen-bond donors (Lipinski definition) is 1. The molecule has 0 saturated carbocycles. The van der Waals surface area contributed by atoms with Crippen molar-refractivity contribution in [3.8, 4) is 11.5 Å². The number of nitrogens with one attached hydrogen (secondary N) is 1. The van der Waals surface area contributed by atoms with Crippen molar-refractivity contribution >= 4 is 0 Å². The van der Waals surface area contributed by atoms with Crippen molar-refractivity contribution < 1.29 is 0 Å². The average molecular weight is 332 g/mol. The van der Waals surface area contributed by atoms with E-state index >= 15 is 0 Å². The molecular formula is C20H20N4O. The summed E-state index contributed by atoms with van der Waals surface area (Å²) < 4.78 is 0. The highest BCUT2D eigenvalue weighted by Gasteiger charge is 2.21. The van der Waals surface area contributed by atoms with Gasteiger partial charge in [0.2, 0.25) is 0 Å². The van der Waals surface area contributed by atoms with Crippen LogP contribution in [0.5, 0.6) is 0 Å². The van der Waals surface area contributed by atoms with Crippen molar-refractivity contribution in [3.05, 3.63) is 81.4 Å². The van der Waals surface area contributed by atoms with E-state index in [-0.39, 0.29) is 5.56 Å². The number of pyridine rings is 1. The van der Waals surface area contributed by atoms with Gasteiger partial charge in [-0.15, -0.1) is 0 Å². The van der Waals surface area contributed by atoms with Crippen LogP contribution in [0.15, 0.2) is 53.5 Å². The van der Waals surface area contributed by atoms with Crippen LogP contribution in [0, 0.1) is 6.92 Å². The molecule has 0 fully saturated rings. The number of aromatic nitrogens is 3. The summed E-state index contributed by atoms with van der Waals surface area (Å²) in [4.78, 5) is 26.6. The molecule has 5 heteroatoms. The summed E-state index contributed by atoms with van der Waals surface area (Å²) in [6, 6.07) is 14.2. The minimum absolute atomic E-state index is 0.0409. The van der Waals surface area contributed by atoms with E-state index in [4.69, 9.17) is 4.98 Å². The molecule has 3 aromatic rings. The summed E-state index contributed by atoms with van der Waals surface area (Å²) >= 11 is 0. The first-order valence-corrected chi connectivity index (χ1v) is 8.50. The van der Waals surface area contributed by atoms with Gasteiger partial charge in [-0.3, -0.25) is 14.7 Å². The van der Waals surface area contributed by atoms with Crippen LogP contribution >= 0.6 is 0 Å². The Morgan fingerprint density at radius 1 is 1.20 bits per heavy atom. The maximum Gasteiger partial charge on any atom is 0.254 e. The molecule has 2 aromatic heterocycles. The molecule has 1 aromatic carbocycles. The van der Waals surface area contributed by atoms with Crippen molar-refractivity contribution in [3.63, 3.8) is 0 Å². The molecule has 4 rings (SSSR count). The van der Waals surface area contributed by atoms with Gasteiger partial charge >= 0.3 is 0 Å². The van der Waals surface area contributed by atoms with Gasteiger partial charge in [-0.25, -0.2) is 4.98 Å². The fourth-order valence-electron chi connectivity index (χ4n) is 3.32. The fraction of sp³-hybridized carbons (Fsp3) is 0.250. The van der Waals surface area contributed by atoms with E-state index in [0.717, 1.165) is 30.8 Å². The predicted molar refractivity (Wildman–Crippen MR) is 97.1 cm³/mol. The van der Waals surface area contributed by atoms with Crippen molar-refractivity contribution in [2.24, 2.45) is 0 Å². The van der Waals surface area contributed by atoms with Gasteiger partial charge in [0.1, 0.15) is 5.69 Å². The molecule has 5 nitrogen and oxygen atoms in total. The number of aryl methyl sites for hydroxylation is 1. The lowest BCUT2D eigenvalue weighted by atomic mass is 10.0. The smallest absolute Gasteiger partial charge is 0.254 e. The van der Waals surface area contributed by atoms with E-state index in [2.05, 4.69) is 46.1 Å². The highest BCUT2D eigenvalue weighted by atomic mass is 16.1. The first-order valence-electron chi connectivity index (χ1n) is 8.50. The predicted octanol–water partition coefficient (Wildman–Crippen LogP) is 2.70. The number of H-pyrrole nitrogens is 1. The third-order valence-electron chi connectivity index (χ3n) is 4.55. The standard InChI is InChI=1S/C20H20N4O/c1-14-5-4-6-15(11-14)12-24-10-8-16-18(13-24)22-19(23-20(16)25)17-7-2-3-9-21-17/h2-7,9,11H,8,10,12-13H2,1H3,(H,22,23,25). The molecule has 0 radical (unpaired) electrons. The molecule has 0 spiro atoms. The van der Waals surface area contributed by atoms with E-state index in [9.17, 15) is 4.79 Å². The number of hydrogen-bond acceptors (Lipinski definition) is 4. The lowest BCUT2D eigenvalue weighted by Gasteiger charge is -2.27. The molecular weight excluding hydrogens is 312 g/mol. The molecule has 0 saturated heterocycles. The zero-order valence-electron chi connectivity index (χ0n) is 14.2. The fourth-order valence-corrected chi connectivity index (χ4v) is 3.32. The third kappa shape index (κ3) is 3.37. The molecule has 0 aliphatic carbocycles. The first kappa shape index (κ1) is 15.7. The Hall–Kier alpha value is -2.79. The van der Waals surface area contributed by atoms with Crippen molar-refractivity contribution in [2.45, 2.75) is 26.4 Å². The topological polar surface area (TPSA) is 61.9 Å². The van der Waals surface area contributed by atoms with Crippen LogP contribution in [0.4, 0.5) is 0 Å². The summed E-state index contributed by atoms with van der Waals surface area (Å²) in [6.45, 7) is 4.53. The summed E-state index contributed by atoms with van der Waals surface area (Å²) in [5.74, 6) is 0.543. The van der Waals surface area contributed by atoms with Gasteiger partial charge in [-0.1, -0.05) is 35.9 Å². The number of aromatic amines is 1. The molecule has 3 heterocycles. The Morgan fingerprint density at radius 3 is 2.92 bits per heavy atom. The van der Waals surface area contributed by atoms with Gasteiger partial charge in [-0.05, 0) is 31.0 Å². The van der Waals surface area contributed by atoms with Crippen LogP contribution in [0.25, 0.3) is 11.5 Å². The minimum atomic E-state index is -0.0409. The second kappa shape index (κ2) is 6.61. The monoisotopic (exact) mass is 332 g/mol. The number of rotatable bonds is 3. The minimum Gasteiger partial charge on any atom is -0.305 e. The van der Waals surface area contributed by atoms with Crippen LogP contribution in [-0.2, 0) is 19.5 Å². The second-order valence-corrected chi connectivity index (χ2v) is 6.50. The van der Waals surface area contributed by atoms with Crippen LogP contribution in [0.1, 0.15) is 22.4 Å². The molecule has 0 amide bonds. The van der Waals surface area contributed by atoms with Gasteiger partial charge in [-0.2, -0.15) is 0 Å². The Kier molecular flexibility index (Phi) is 4.15. The van der Waals surface area contributed by atoms with Gasteiger partial charge in [0.25, 0.3) is 5.56 Å². The summed E-state index contributed by atoms with van der Waals surface area (Å²) in [5, 5.41) is 0. The van der Waals surface area contributed by atoms with Crippen molar-refractivity contribution in [1.82, 2.24) is 19.9 Å².